The molecule has 3 aromatic carbocycles. The molecule has 3 rings (SSSR count). The van der Waals surface area contributed by atoms with Gasteiger partial charge in [0.1, 0.15) is 11.5 Å². The third-order valence-electron chi connectivity index (χ3n) is 4.04. The quantitative estimate of drug-likeness (QED) is 0.686. The molecule has 0 aliphatic carbocycles. The number of carbonyl (C=O) groups is 3. The molecule has 146 valence electrons. The number of carbonyl (C=O) groups excluding carboxylic acids is 3. The average molecular weight is 389 g/mol. The van der Waals surface area contributed by atoms with Crippen LogP contribution in [0, 0.1) is 6.92 Å². The number of aromatic carboxylic acids is 2. The van der Waals surface area contributed by atoms with Gasteiger partial charge in [0.05, 0.1) is 11.9 Å². The number of ether oxygens (including phenoxy) is 1. The van der Waals surface area contributed by atoms with E-state index >= 15 is 0 Å². The second-order valence-corrected chi connectivity index (χ2v) is 6.24. The number of aryl methyl sites for hydroxylation is 1. The first kappa shape index (κ1) is 19.6. The highest BCUT2D eigenvalue weighted by molar-refractivity contribution is 6.04. The van der Waals surface area contributed by atoms with Crippen molar-refractivity contribution in [1.82, 2.24) is 0 Å². The van der Waals surface area contributed by atoms with Crippen LogP contribution in [0.3, 0.4) is 0 Å². The number of carboxylic acids is 2. The highest BCUT2D eigenvalue weighted by Crippen LogP contribution is 2.26. The first-order chi connectivity index (χ1) is 13.8. The van der Waals surface area contributed by atoms with Gasteiger partial charge in [0.2, 0.25) is 0 Å². The number of hydrogen-bond donors (Lipinski definition) is 1. The molecule has 0 aromatic heterocycles. The fraction of sp³-hybridized carbons (Fsp3) is 0.0455. The minimum Gasteiger partial charge on any atom is -0.545 e. The van der Waals surface area contributed by atoms with Gasteiger partial charge in [-0.15, -0.1) is 0 Å². The van der Waals surface area contributed by atoms with E-state index in [0.717, 1.165) is 17.7 Å². The van der Waals surface area contributed by atoms with Crippen molar-refractivity contribution in [2.45, 2.75) is 6.92 Å². The average Bonchev–Trinajstić information content (AvgIpc) is 2.68. The summed E-state index contributed by atoms with van der Waals surface area (Å²) in [6, 6.07) is 17.0. The van der Waals surface area contributed by atoms with E-state index in [4.69, 9.17) is 4.74 Å². The molecule has 3 aromatic rings. The molecule has 0 spiro atoms. The standard InChI is InChI=1S/C22H17NO6/c1-13-4-2-5-14(10-13)20(24)23-15-6-3-7-16(11-15)29-17-8-9-18(21(25)26)19(12-17)22(27)28/h2-12H,1H3,(H,23,24)(H,25,26)(H,27,28)/p-2. The normalized spacial score (nSPS) is 10.2. The summed E-state index contributed by atoms with van der Waals surface area (Å²) in [7, 11) is 0. The van der Waals surface area contributed by atoms with Crippen molar-refractivity contribution in [2.24, 2.45) is 0 Å². The van der Waals surface area contributed by atoms with Crippen LogP contribution in [0.4, 0.5) is 5.69 Å². The molecular formula is C22H15NO6-2. The van der Waals surface area contributed by atoms with Crippen molar-refractivity contribution >= 4 is 23.5 Å². The third kappa shape index (κ3) is 4.78. The number of amides is 1. The van der Waals surface area contributed by atoms with Crippen molar-refractivity contribution in [3.8, 4) is 11.5 Å². The van der Waals surface area contributed by atoms with Gasteiger partial charge in [0, 0.05) is 28.4 Å². The topological polar surface area (TPSA) is 119 Å². The van der Waals surface area contributed by atoms with Gasteiger partial charge in [-0.25, -0.2) is 0 Å². The highest BCUT2D eigenvalue weighted by atomic mass is 16.5. The minimum atomic E-state index is -1.66. The fourth-order valence-electron chi connectivity index (χ4n) is 2.70. The first-order valence-corrected chi connectivity index (χ1v) is 8.56. The number of nitrogens with one attached hydrogen (secondary N) is 1. The zero-order valence-corrected chi connectivity index (χ0v) is 15.3. The molecule has 0 radical (unpaired) electrons. The van der Waals surface area contributed by atoms with Crippen LogP contribution in [0.5, 0.6) is 11.5 Å². The van der Waals surface area contributed by atoms with E-state index in [9.17, 15) is 24.6 Å². The Kier molecular flexibility index (Phi) is 5.59. The van der Waals surface area contributed by atoms with Crippen molar-refractivity contribution in [2.75, 3.05) is 5.32 Å². The Bertz CT molecular complexity index is 1110. The van der Waals surface area contributed by atoms with Gasteiger partial charge in [-0.3, -0.25) is 4.79 Å². The molecule has 0 saturated heterocycles. The molecule has 0 atom stereocenters. The summed E-state index contributed by atoms with van der Waals surface area (Å²) in [5, 5.41) is 24.9. The second kappa shape index (κ2) is 8.26. The van der Waals surface area contributed by atoms with Gasteiger partial charge in [-0.1, -0.05) is 23.8 Å². The van der Waals surface area contributed by atoms with Gasteiger partial charge in [-0.05, 0) is 49.4 Å². The maximum atomic E-state index is 12.4. The van der Waals surface area contributed by atoms with Gasteiger partial charge >= 0.3 is 0 Å². The lowest BCUT2D eigenvalue weighted by Gasteiger charge is -2.14. The van der Waals surface area contributed by atoms with Crippen LogP contribution in [-0.4, -0.2) is 17.8 Å². The Morgan fingerprint density at radius 2 is 1.48 bits per heavy atom. The van der Waals surface area contributed by atoms with E-state index in [2.05, 4.69) is 5.32 Å². The van der Waals surface area contributed by atoms with Crippen LogP contribution in [0.1, 0.15) is 36.6 Å². The van der Waals surface area contributed by atoms with Crippen LogP contribution in [0.2, 0.25) is 0 Å². The Labute approximate surface area is 166 Å². The maximum absolute atomic E-state index is 12.4. The Morgan fingerprint density at radius 3 is 2.17 bits per heavy atom. The molecule has 7 nitrogen and oxygen atoms in total. The predicted molar refractivity (Wildman–Crippen MR) is 101 cm³/mol. The van der Waals surface area contributed by atoms with E-state index in [1.165, 1.54) is 6.07 Å². The van der Waals surface area contributed by atoms with Crippen LogP contribution < -0.4 is 20.3 Å². The van der Waals surface area contributed by atoms with Crippen LogP contribution >= 0.6 is 0 Å². The summed E-state index contributed by atoms with van der Waals surface area (Å²) < 4.78 is 5.60. The van der Waals surface area contributed by atoms with Gasteiger partial charge in [-0.2, -0.15) is 0 Å². The summed E-state index contributed by atoms with van der Waals surface area (Å²) >= 11 is 0. The zero-order chi connectivity index (χ0) is 21.0. The monoisotopic (exact) mass is 389 g/mol. The summed E-state index contributed by atoms with van der Waals surface area (Å²) in [5.41, 5.74) is 0.884. The fourth-order valence-corrected chi connectivity index (χ4v) is 2.70. The number of rotatable bonds is 6. The lowest BCUT2D eigenvalue weighted by atomic mass is 10.1. The number of anilines is 1. The van der Waals surface area contributed by atoms with Crippen molar-refractivity contribution in [3.05, 3.63) is 89.0 Å². The Morgan fingerprint density at radius 1 is 0.793 bits per heavy atom. The molecule has 0 aliphatic rings. The smallest absolute Gasteiger partial charge is 0.255 e. The summed E-state index contributed by atoms with van der Waals surface area (Å²) in [5.74, 6) is -3.16. The van der Waals surface area contributed by atoms with Crippen LogP contribution in [-0.2, 0) is 0 Å². The minimum absolute atomic E-state index is 0.0939. The number of hydrogen-bond acceptors (Lipinski definition) is 6. The maximum Gasteiger partial charge on any atom is 0.255 e. The van der Waals surface area contributed by atoms with Crippen LogP contribution in [0.15, 0.2) is 66.7 Å². The lowest BCUT2D eigenvalue weighted by molar-refractivity contribution is -0.259. The summed E-state index contributed by atoms with van der Waals surface area (Å²) in [6.45, 7) is 1.89. The molecule has 1 amide bonds. The lowest BCUT2D eigenvalue weighted by Crippen LogP contribution is -2.30. The van der Waals surface area contributed by atoms with E-state index in [1.807, 2.05) is 13.0 Å². The molecule has 0 unspecified atom stereocenters. The largest absolute Gasteiger partial charge is 0.545 e. The van der Waals surface area contributed by atoms with Gasteiger partial charge in [0.25, 0.3) is 5.91 Å². The van der Waals surface area contributed by atoms with E-state index in [1.54, 1.807) is 42.5 Å². The Balaban J connectivity index is 1.80. The molecule has 0 fully saturated rings. The number of carboxylic acid groups (broad SMARTS) is 2. The molecule has 1 N–H and O–H groups in total. The molecule has 7 heteroatoms. The SMILES string of the molecule is Cc1cccc(C(=O)Nc2cccc(Oc3ccc(C(=O)[O-])c(C(=O)[O-])c3)c2)c1. The molecule has 29 heavy (non-hydrogen) atoms. The van der Waals surface area contributed by atoms with Crippen LogP contribution in [0.25, 0.3) is 0 Å². The third-order valence-corrected chi connectivity index (χ3v) is 4.04. The molecule has 0 heterocycles. The first-order valence-electron chi connectivity index (χ1n) is 8.56. The van der Waals surface area contributed by atoms with E-state index in [-0.39, 0.29) is 11.7 Å². The van der Waals surface area contributed by atoms with Gasteiger partial charge < -0.3 is 29.9 Å². The Hall–Kier alpha value is -4.13. The summed E-state index contributed by atoms with van der Waals surface area (Å²) in [4.78, 5) is 34.5. The van der Waals surface area contributed by atoms with Crippen molar-refractivity contribution < 1.29 is 29.3 Å². The summed E-state index contributed by atoms with van der Waals surface area (Å²) in [6.07, 6.45) is 0. The highest BCUT2D eigenvalue weighted by Gasteiger charge is 2.09. The predicted octanol–water partition coefficient (Wildman–Crippen LogP) is 1.77. The van der Waals surface area contributed by atoms with Crippen molar-refractivity contribution in [1.29, 1.82) is 0 Å². The molecule has 0 aliphatic heterocycles. The van der Waals surface area contributed by atoms with E-state index < -0.39 is 23.1 Å². The van der Waals surface area contributed by atoms with Crippen molar-refractivity contribution in [3.63, 3.8) is 0 Å². The zero-order valence-electron chi connectivity index (χ0n) is 15.3. The molecule has 0 bridgehead atoms. The number of benzene rings is 3. The van der Waals surface area contributed by atoms with E-state index in [0.29, 0.717) is 17.0 Å². The molecule has 0 saturated carbocycles. The second-order valence-electron chi connectivity index (χ2n) is 6.24. The van der Waals surface area contributed by atoms with Gasteiger partial charge in [0.15, 0.2) is 0 Å². The molecular weight excluding hydrogens is 374 g/mol.